The molecule has 0 aliphatic heterocycles. The summed E-state index contributed by atoms with van der Waals surface area (Å²) in [5.41, 5.74) is 2.25. The molecule has 0 spiro atoms. The summed E-state index contributed by atoms with van der Waals surface area (Å²) >= 11 is 6.79. The minimum absolute atomic E-state index is 0.0248. The molecule has 3 nitrogen and oxygen atoms in total. The smallest absolute Gasteiger partial charge is 0.263 e. The van der Waals surface area contributed by atoms with Gasteiger partial charge in [0.25, 0.3) is 5.56 Å². The first-order chi connectivity index (χ1) is 9.16. The molecule has 96 valence electrons. The van der Waals surface area contributed by atoms with Gasteiger partial charge in [0.1, 0.15) is 4.83 Å². The molecule has 3 rings (SSSR count). The lowest BCUT2D eigenvalue weighted by Gasteiger charge is -2.08. The average molecular weight is 288 g/mol. The number of aryl methyl sites for hydroxylation is 1. The van der Waals surface area contributed by atoms with Gasteiger partial charge in [-0.25, -0.2) is 0 Å². The third-order valence-corrected chi connectivity index (χ3v) is 4.35. The fraction of sp³-hybridized carbons (Fsp3) is 0.143. The van der Waals surface area contributed by atoms with E-state index in [2.05, 4.69) is 4.98 Å². The highest BCUT2D eigenvalue weighted by atomic mass is 32.1. The Labute approximate surface area is 119 Å². The Morgan fingerprint density at radius 1 is 1.32 bits per heavy atom. The van der Waals surface area contributed by atoms with Gasteiger partial charge < -0.3 is 4.98 Å². The molecule has 1 N–H and O–H groups in total. The number of nitrogens with one attached hydrogen (secondary N) is 1. The van der Waals surface area contributed by atoms with Gasteiger partial charge in [-0.15, -0.1) is 11.3 Å². The summed E-state index contributed by atoms with van der Waals surface area (Å²) in [7, 11) is 0. The van der Waals surface area contributed by atoms with E-state index in [1.54, 1.807) is 4.57 Å². The maximum atomic E-state index is 12.4. The van der Waals surface area contributed by atoms with Crippen molar-refractivity contribution in [3.8, 4) is 0 Å². The van der Waals surface area contributed by atoms with Gasteiger partial charge >= 0.3 is 0 Å². The minimum Gasteiger partial charge on any atom is -0.323 e. The van der Waals surface area contributed by atoms with Crippen LogP contribution < -0.4 is 5.56 Å². The summed E-state index contributed by atoms with van der Waals surface area (Å²) in [6.45, 7) is 2.54. The first kappa shape index (κ1) is 12.3. The van der Waals surface area contributed by atoms with Gasteiger partial charge in [-0.05, 0) is 41.7 Å². The van der Waals surface area contributed by atoms with Crippen molar-refractivity contribution in [1.29, 1.82) is 0 Å². The maximum absolute atomic E-state index is 12.4. The van der Waals surface area contributed by atoms with Crippen molar-refractivity contribution in [3.05, 3.63) is 62.0 Å². The van der Waals surface area contributed by atoms with Gasteiger partial charge in [0.05, 0.1) is 11.9 Å². The van der Waals surface area contributed by atoms with Crippen LogP contribution in [0.4, 0.5) is 0 Å². The van der Waals surface area contributed by atoms with Crippen LogP contribution in [0.3, 0.4) is 0 Å². The molecule has 0 saturated carbocycles. The van der Waals surface area contributed by atoms with E-state index in [0.29, 0.717) is 16.7 Å². The summed E-state index contributed by atoms with van der Waals surface area (Å²) < 4.78 is 2.09. The Balaban J connectivity index is 2.18. The topological polar surface area (TPSA) is 37.8 Å². The highest BCUT2D eigenvalue weighted by Crippen LogP contribution is 2.15. The second-order valence-corrected chi connectivity index (χ2v) is 5.71. The number of aromatic nitrogens is 2. The molecule has 0 unspecified atom stereocenters. The lowest BCUT2D eigenvalue weighted by atomic mass is 10.1. The van der Waals surface area contributed by atoms with Crippen LogP contribution in [0.5, 0.6) is 0 Å². The van der Waals surface area contributed by atoms with Crippen molar-refractivity contribution >= 4 is 33.8 Å². The summed E-state index contributed by atoms with van der Waals surface area (Å²) in [6, 6.07) is 9.86. The van der Waals surface area contributed by atoms with Crippen molar-refractivity contribution in [2.24, 2.45) is 0 Å². The molecule has 0 radical (unpaired) electrons. The van der Waals surface area contributed by atoms with Crippen molar-refractivity contribution in [2.45, 2.75) is 13.5 Å². The van der Waals surface area contributed by atoms with Crippen LogP contribution in [-0.2, 0) is 6.54 Å². The van der Waals surface area contributed by atoms with Crippen LogP contribution in [0, 0.1) is 11.7 Å². The molecule has 0 atom stereocenters. The molecule has 0 saturated heterocycles. The summed E-state index contributed by atoms with van der Waals surface area (Å²) in [5.74, 6) is 0. The van der Waals surface area contributed by atoms with Crippen LogP contribution in [0.1, 0.15) is 11.1 Å². The lowest BCUT2D eigenvalue weighted by molar-refractivity contribution is 0.732. The zero-order valence-corrected chi connectivity index (χ0v) is 12.0. The molecule has 2 aromatic heterocycles. The zero-order chi connectivity index (χ0) is 13.4. The Morgan fingerprint density at radius 3 is 2.89 bits per heavy atom. The van der Waals surface area contributed by atoms with E-state index in [4.69, 9.17) is 12.2 Å². The number of benzene rings is 1. The molecular weight excluding hydrogens is 276 g/mol. The van der Waals surface area contributed by atoms with Gasteiger partial charge in [0.15, 0.2) is 4.77 Å². The number of thiophene rings is 1. The SMILES string of the molecule is Cc1ccccc1Cn1c(=S)[nH]c2sccc2c1=O. The minimum atomic E-state index is -0.0248. The monoisotopic (exact) mass is 288 g/mol. The lowest BCUT2D eigenvalue weighted by Crippen LogP contribution is -2.22. The normalized spacial score (nSPS) is 11.0. The predicted molar refractivity (Wildman–Crippen MR) is 81.6 cm³/mol. The number of hydrogen-bond acceptors (Lipinski definition) is 3. The van der Waals surface area contributed by atoms with Crippen molar-refractivity contribution < 1.29 is 0 Å². The number of H-pyrrole nitrogens is 1. The predicted octanol–water partition coefficient (Wildman–Crippen LogP) is 3.48. The highest BCUT2D eigenvalue weighted by Gasteiger charge is 2.07. The average Bonchev–Trinajstić information content (AvgIpc) is 2.84. The van der Waals surface area contributed by atoms with E-state index in [9.17, 15) is 4.79 Å². The standard InChI is InChI=1S/C14H12N2OS2/c1-9-4-2-3-5-10(9)8-16-13(17)11-6-7-19-12(11)15-14(16)18/h2-7H,8H2,1H3,(H,15,18). The molecule has 0 bridgehead atoms. The van der Waals surface area contributed by atoms with Crippen LogP contribution in [0.25, 0.3) is 10.2 Å². The fourth-order valence-electron chi connectivity index (χ4n) is 2.08. The van der Waals surface area contributed by atoms with Crippen molar-refractivity contribution in [1.82, 2.24) is 9.55 Å². The number of aromatic amines is 1. The van der Waals surface area contributed by atoms with Gasteiger partial charge in [-0.1, -0.05) is 24.3 Å². The molecule has 0 aliphatic rings. The summed E-state index contributed by atoms with van der Waals surface area (Å²) in [5, 5.41) is 2.60. The maximum Gasteiger partial charge on any atom is 0.263 e. The summed E-state index contributed by atoms with van der Waals surface area (Å²) in [6.07, 6.45) is 0. The van der Waals surface area contributed by atoms with Crippen LogP contribution in [-0.4, -0.2) is 9.55 Å². The molecule has 1 aromatic carbocycles. The molecular formula is C14H12N2OS2. The van der Waals surface area contributed by atoms with E-state index in [-0.39, 0.29) is 5.56 Å². The van der Waals surface area contributed by atoms with E-state index < -0.39 is 0 Å². The van der Waals surface area contributed by atoms with Gasteiger partial charge in [-0.3, -0.25) is 9.36 Å². The van der Waals surface area contributed by atoms with E-state index in [0.717, 1.165) is 16.0 Å². The van der Waals surface area contributed by atoms with Crippen molar-refractivity contribution in [3.63, 3.8) is 0 Å². The second-order valence-electron chi connectivity index (χ2n) is 4.41. The largest absolute Gasteiger partial charge is 0.323 e. The Hall–Kier alpha value is -1.72. The first-order valence-corrected chi connectivity index (χ1v) is 7.20. The van der Waals surface area contributed by atoms with E-state index in [1.807, 2.05) is 42.6 Å². The zero-order valence-electron chi connectivity index (χ0n) is 10.3. The molecule has 19 heavy (non-hydrogen) atoms. The molecule has 0 fully saturated rings. The third-order valence-electron chi connectivity index (χ3n) is 3.20. The van der Waals surface area contributed by atoms with Crippen LogP contribution in [0.2, 0.25) is 0 Å². The number of nitrogens with zero attached hydrogens (tertiary/aromatic N) is 1. The Kier molecular flexibility index (Phi) is 3.08. The van der Waals surface area contributed by atoms with Crippen LogP contribution in [0.15, 0.2) is 40.5 Å². The van der Waals surface area contributed by atoms with Gasteiger partial charge in [0, 0.05) is 0 Å². The summed E-state index contributed by atoms with van der Waals surface area (Å²) in [4.78, 5) is 16.4. The molecule has 3 aromatic rings. The molecule has 2 heterocycles. The highest BCUT2D eigenvalue weighted by molar-refractivity contribution is 7.71. The number of rotatable bonds is 2. The number of hydrogen-bond donors (Lipinski definition) is 1. The van der Waals surface area contributed by atoms with E-state index in [1.165, 1.54) is 11.3 Å². The van der Waals surface area contributed by atoms with Gasteiger partial charge in [0.2, 0.25) is 0 Å². The molecule has 0 aliphatic carbocycles. The Morgan fingerprint density at radius 2 is 2.11 bits per heavy atom. The molecule has 5 heteroatoms. The first-order valence-electron chi connectivity index (χ1n) is 5.91. The molecule has 0 amide bonds. The Bertz CT molecular complexity index is 857. The third kappa shape index (κ3) is 2.15. The van der Waals surface area contributed by atoms with E-state index >= 15 is 0 Å². The second kappa shape index (κ2) is 4.75. The fourth-order valence-corrected chi connectivity index (χ4v) is 3.17. The van der Waals surface area contributed by atoms with Crippen LogP contribution >= 0.6 is 23.6 Å². The number of fused-ring (bicyclic) bond motifs is 1. The quantitative estimate of drug-likeness (QED) is 0.733. The van der Waals surface area contributed by atoms with Gasteiger partial charge in [-0.2, -0.15) is 0 Å². The van der Waals surface area contributed by atoms with Crippen molar-refractivity contribution in [2.75, 3.05) is 0 Å².